The van der Waals surface area contributed by atoms with Gasteiger partial charge < -0.3 is 19.7 Å². The van der Waals surface area contributed by atoms with Gasteiger partial charge >= 0.3 is 5.97 Å². The van der Waals surface area contributed by atoms with Gasteiger partial charge in [0.05, 0.1) is 11.4 Å². The molecule has 0 atom stereocenters. The molecule has 6 nitrogen and oxygen atoms in total. The van der Waals surface area contributed by atoms with E-state index in [2.05, 4.69) is 84.2 Å². The van der Waals surface area contributed by atoms with Gasteiger partial charge in [-0.3, -0.25) is 0 Å². The Morgan fingerprint density at radius 3 is 2.24 bits per heavy atom. The molecule has 3 aromatic carbocycles. The molecule has 45 heavy (non-hydrogen) atoms. The molecular formula is C38H36IrN3O3-. The summed E-state index contributed by atoms with van der Waals surface area (Å²) >= 11 is 0. The second-order valence-electron chi connectivity index (χ2n) is 12.3. The number of carboxylic acids is 1. The summed E-state index contributed by atoms with van der Waals surface area (Å²) in [6.07, 6.45) is 8.50. The fourth-order valence-corrected chi connectivity index (χ4v) is 5.78. The van der Waals surface area contributed by atoms with Gasteiger partial charge in [-0.15, -0.1) is 17.7 Å². The van der Waals surface area contributed by atoms with Crippen LogP contribution >= 0.6 is 0 Å². The largest absolute Gasteiger partial charge is 0.477 e. The van der Waals surface area contributed by atoms with Gasteiger partial charge in [-0.1, -0.05) is 82.1 Å². The van der Waals surface area contributed by atoms with Crippen LogP contribution in [0.15, 0.2) is 103 Å². The SMILES string of the molecule is CC(C)(C)c1ccc(N2c3ccc(-c4ccccn4)[c-]c3Oc3ccccc32)cc1.O=C(O)c1ccc(C2CCCC2)cn1.[Ir]. The monoisotopic (exact) mass is 775 g/mol. The van der Waals surface area contributed by atoms with Crippen molar-refractivity contribution < 1.29 is 34.7 Å². The first kappa shape index (κ1) is 32.1. The first-order valence-corrected chi connectivity index (χ1v) is 15.1. The Balaban J connectivity index is 0.000000225. The number of aromatic carboxylic acids is 1. The number of nitrogens with zero attached hydrogens (tertiary/aromatic N) is 3. The molecule has 231 valence electrons. The number of anilines is 3. The number of hydrogen-bond acceptors (Lipinski definition) is 5. The Hall–Kier alpha value is -4.32. The molecule has 1 saturated carbocycles. The summed E-state index contributed by atoms with van der Waals surface area (Å²) in [7, 11) is 0. The average molecular weight is 775 g/mol. The number of benzene rings is 3. The van der Waals surface area contributed by atoms with E-state index < -0.39 is 5.97 Å². The van der Waals surface area contributed by atoms with E-state index in [1.165, 1.54) is 36.8 Å². The fourth-order valence-electron chi connectivity index (χ4n) is 5.78. The molecular weight excluding hydrogens is 739 g/mol. The summed E-state index contributed by atoms with van der Waals surface area (Å²) in [5.74, 6) is 1.17. The number of ether oxygens (including phenoxy) is 1. The number of carboxylic acid groups (broad SMARTS) is 1. The van der Waals surface area contributed by atoms with Crippen LogP contribution < -0.4 is 9.64 Å². The first-order chi connectivity index (χ1) is 21.3. The van der Waals surface area contributed by atoms with Crippen LogP contribution in [-0.4, -0.2) is 21.0 Å². The third-order valence-corrected chi connectivity index (χ3v) is 8.21. The third kappa shape index (κ3) is 7.16. The van der Waals surface area contributed by atoms with E-state index in [4.69, 9.17) is 9.84 Å². The molecule has 5 aromatic rings. The second kappa shape index (κ2) is 13.8. The van der Waals surface area contributed by atoms with E-state index >= 15 is 0 Å². The van der Waals surface area contributed by atoms with Crippen molar-refractivity contribution in [2.45, 2.75) is 57.8 Å². The van der Waals surface area contributed by atoms with Crippen molar-refractivity contribution in [3.8, 4) is 22.8 Å². The van der Waals surface area contributed by atoms with Gasteiger partial charge in [-0.25, -0.2) is 9.78 Å². The summed E-state index contributed by atoms with van der Waals surface area (Å²) in [5.41, 5.74) is 7.62. The quantitative estimate of drug-likeness (QED) is 0.180. The van der Waals surface area contributed by atoms with E-state index in [1.54, 1.807) is 18.5 Å². The Morgan fingerprint density at radius 2 is 1.60 bits per heavy atom. The summed E-state index contributed by atoms with van der Waals surface area (Å²) in [5, 5.41) is 8.68. The van der Waals surface area contributed by atoms with Crippen LogP contribution in [0.3, 0.4) is 0 Å². The maximum Gasteiger partial charge on any atom is 0.354 e. The number of para-hydroxylation sites is 2. The van der Waals surface area contributed by atoms with Crippen LogP contribution in [0.25, 0.3) is 11.3 Å². The molecule has 3 heterocycles. The number of aromatic nitrogens is 2. The van der Waals surface area contributed by atoms with Gasteiger partial charge in [0.15, 0.2) is 0 Å². The van der Waals surface area contributed by atoms with Gasteiger partial charge in [0.1, 0.15) is 11.4 Å². The molecule has 0 unspecified atom stereocenters. The average Bonchev–Trinajstić information content (AvgIpc) is 3.59. The van der Waals surface area contributed by atoms with Crippen molar-refractivity contribution in [1.82, 2.24) is 9.97 Å². The maximum atomic E-state index is 10.6. The Kier molecular flexibility index (Phi) is 9.81. The van der Waals surface area contributed by atoms with Crippen LogP contribution in [0.2, 0.25) is 0 Å². The van der Waals surface area contributed by atoms with Crippen molar-refractivity contribution in [3.05, 3.63) is 126 Å². The van der Waals surface area contributed by atoms with Crippen LogP contribution in [0, 0.1) is 6.07 Å². The molecule has 1 aliphatic carbocycles. The number of carbonyl (C=O) groups is 1. The van der Waals surface area contributed by atoms with Crippen LogP contribution in [0.1, 0.15) is 74.0 Å². The van der Waals surface area contributed by atoms with Crippen molar-refractivity contribution >= 4 is 23.0 Å². The zero-order valence-corrected chi connectivity index (χ0v) is 28.1. The Labute approximate surface area is 278 Å². The molecule has 1 radical (unpaired) electrons. The molecule has 1 aliphatic heterocycles. The molecule has 7 heteroatoms. The summed E-state index contributed by atoms with van der Waals surface area (Å²) in [4.78, 5) is 21.2. The van der Waals surface area contributed by atoms with Crippen LogP contribution in [-0.2, 0) is 25.5 Å². The smallest absolute Gasteiger partial charge is 0.354 e. The molecule has 2 aliphatic rings. The van der Waals surface area contributed by atoms with E-state index in [9.17, 15) is 4.79 Å². The Morgan fingerprint density at radius 1 is 0.867 bits per heavy atom. The minimum atomic E-state index is -0.956. The minimum Gasteiger partial charge on any atom is -0.477 e. The molecule has 0 saturated heterocycles. The van der Waals surface area contributed by atoms with E-state index in [0.29, 0.717) is 11.7 Å². The normalized spacial score (nSPS) is 13.8. The molecule has 0 bridgehead atoms. The van der Waals surface area contributed by atoms with E-state index in [-0.39, 0.29) is 31.2 Å². The maximum absolute atomic E-state index is 10.6. The predicted octanol–water partition coefficient (Wildman–Crippen LogP) is 9.86. The van der Waals surface area contributed by atoms with Crippen molar-refractivity contribution in [2.24, 2.45) is 0 Å². The molecule has 1 fully saturated rings. The van der Waals surface area contributed by atoms with Gasteiger partial charge in [0.25, 0.3) is 0 Å². The summed E-state index contributed by atoms with van der Waals surface area (Å²) < 4.78 is 6.24. The van der Waals surface area contributed by atoms with Crippen molar-refractivity contribution in [3.63, 3.8) is 0 Å². The second-order valence-corrected chi connectivity index (χ2v) is 12.3. The number of pyridine rings is 2. The zero-order chi connectivity index (χ0) is 30.7. The van der Waals surface area contributed by atoms with Gasteiger partial charge in [-0.2, -0.15) is 0 Å². The third-order valence-electron chi connectivity index (χ3n) is 8.21. The molecule has 0 spiro atoms. The van der Waals surface area contributed by atoms with Gasteiger partial charge in [-0.05, 0) is 77.4 Å². The van der Waals surface area contributed by atoms with Gasteiger partial charge in [0, 0.05) is 43.9 Å². The van der Waals surface area contributed by atoms with E-state index in [1.807, 2.05) is 42.5 Å². The zero-order valence-electron chi connectivity index (χ0n) is 25.7. The van der Waals surface area contributed by atoms with Gasteiger partial charge in [0.2, 0.25) is 0 Å². The first-order valence-electron chi connectivity index (χ1n) is 15.1. The predicted molar refractivity (Wildman–Crippen MR) is 174 cm³/mol. The topological polar surface area (TPSA) is 75.6 Å². The fraction of sp³-hybridized carbons (Fsp3) is 0.237. The van der Waals surface area contributed by atoms with Crippen LogP contribution in [0.5, 0.6) is 11.5 Å². The molecule has 7 rings (SSSR count). The van der Waals surface area contributed by atoms with Crippen LogP contribution in [0.4, 0.5) is 17.1 Å². The van der Waals surface area contributed by atoms with Crippen molar-refractivity contribution in [1.29, 1.82) is 0 Å². The molecule has 2 aromatic heterocycles. The summed E-state index contributed by atoms with van der Waals surface area (Å²) in [6, 6.07) is 33.8. The molecule has 1 N–H and O–H groups in total. The minimum absolute atomic E-state index is 0. The standard InChI is InChI=1S/C27H23N2O.C11H13NO2.Ir/c1-27(2,3)20-12-14-21(15-13-20)29-23-9-4-5-10-25(23)30-26-18-19(11-16-24(26)29)22-8-6-7-17-28-22;13-11(14)10-6-5-9(7-12-10)8-3-1-2-4-8;/h4-17H,1-3H3;5-8H,1-4H2,(H,13,14);/q-1;;. The van der Waals surface area contributed by atoms with E-state index in [0.717, 1.165) is 34.1 Å². The number of fused-ring (bicyclic) bond motifs is 2. The summed E-state index contributed by atoms with van der Waals surface area (Å²) in [6.45, 7) is 6.69. The number of hydrogen-bond donors (Lipinski definition) is 1. The molecule has 0 amide bonds. The van der Waals surface area contributed by atoms with Crippen molar-refractivity contribution in [2.75, 3.05) is 4.90 Å². The Bertz CT molecular complexity index is 1740. The number of rotatable bonds is 4.